The zero-order valence-corrected chi connectivity index (χ0v) is 14.8. The van der Waals surface area contributed by atoms with Crippen LogP contribution in [0.5, 0.6) is 5.75 Å². The van der Waals surface area contributed by atoms with Crippen LogP contribution in [0.1, 0.15) is 48.4 Å². The van der Waals surface area contributed by atoms with Crippen molar-refractivity contribution in [1.82, 2.24) is 0 Å². The average Bonchev–Trinajstić information content (AvgIpc) is 2.59. The molecule has 0 spiro atoms. The van der Waals surface area contributed by atoms with Crippen LogP contribution in [-0.2, 0) is 25.4 Å². The quantitative estimate of drug-likeness (QED) is 0.364. The summed E-state index contributed by atoms with van der Waals surface area (Å²) in [6.07, 6.45) is -7.74. The van der Waals surface area contributed by atoms with E-state index < -0.39 is 29.2 Å². The van der Waals surface area contributed by atoms with E-state index >= 15 is 0 Å². The van der Waals surface area contributed by atoms with Gasteiger partial charge in [0.2, 0.25) is 0 Å². The monoisotopic (exact) mass is 390 g/mol. The summed E-state index contributed by atoms with van der Waals surface area (Å²) in [5, 5.41) is 0. The lowest BCUT2D eigenvalue weighted by molar-refractivity contribution is -0.144. The lowest BCUT2D eigenvalue weighted by Crippen LogP contribution is -2.15. The largest absolute Gasteiger partial charge is 0.488 e. The highest BCUT2D eigenvalue weighted by Crippen LogP contribution is 2.43. The molecule has 148 valence electrons. The van der Waals surface area contributed by atoms with Gasteiger partial charge >= 0.3 is 12.4 Å². The molecule has 7 heteroatoms. The van der Waals surface area contributed by atoms with Crippen LogP contribution in [-0.4, -0.2) is 0 Å². The van der Waals surface area contributed by atoms with Crippen LogP contribution in [0.25, 0.3) is 0 Å². The van der Waals surface area contributed by atoms with E-state index in [1.807, 2.05) is 6.92 Å². The predicted molar refractivity (Wildman–Crippen MR) is 90.4 cm³/mol. The second-order valence-corrected chi connectivity index (χ2v) is 6.24. The Hall–Kier alpha value is -2.18. The second kappa shape index (κ2) is 8.67. The van der Waals surface area contributed by atoms with E-state index in [9.17, 15) is 26.3 Å². The van der Waals surface area contributed by atoms with E-state index in [-0.39, 0.29) is 24.7 Å². The number of benzene rings is 2. The number of hydrogen-bond donors (Lipinski definition) is 0. The molecule has 0 unspecified atom stereocenters. The van der Waals surface area contributed by atoms with E-state index in [1.54, 1.807) is 30.3 Å². The fourth-order valence-electron chi connectivity index (χ4n) is 2.71. The Bertz CT molecular complexity index is 735. The molecule has 0 heterocycles. The Morgan fingerprint density at radius 2 is 1.52 bits per heavy atom. The smallest absolute Gasteiger partial charge is 0.419 e. The maximum atomic E-state index is 13.5. The van der Waals surface area contributed by atoms with Gasteiger partial charge in [-0.1, -0.05) is 50.1 Å². The van der Waals surface area contributed by atoms with E-state index in [2.05, 4.69) is 0 Å². The van der Waals surface area contributed by atoms with Crippen molar-refractivity contribution in [3.63, 3.8) is 0 Å². The molecule has 1 nitrogen and oxygen atoms in total. The van der Waals surface area contributed by atoms with Crippen molar-refractivity contribution in [3.8, 4) is 5.75 Å². The molecule has 27 heavy (non-hydrogen) atoms. The summed E-state index contributed by atoms with van der Waals surface area (Å²) in [5.74, 6) is -0.518. The number of unbranched alkanes of at least 4 members (excludes halogenated alkanes) is 2. The standard InChI is InChI=1S/C20H20F6O/c1-2-3-5-10-15-11-16(19(21,22)23)12-17(20(24,25)26)18(15)27-13-14-8-6-4-7-9-14/h4,6-9,11-12H,2-3,5,10,13H2,1H3. The van der Waals surface area contributed by atoms with Gasteiger partial charge in [0, 0.05) is 0 Å². The molecule has 0 amide bonds. The summed E-state index contributed by atoms with van der Waals surface area (Å²) in [7, 11) is 0. The number of ether oxygens (including phenoxy) is 1. The van der Waals surface area contributed by atoms with Crippen molar-refractivity contribution in [1.29, 1.82) is 0 Å². The molecule has 0 atom stereocenters. The minimum Gasteiger partial charge on any atom is -0.488 e. The Morgan fingerprint density at radius 3 is 2.07 bits per heavy atom. The average molecular weight is 390 g/mol. The zero-order valence-electron chi connectivity index (χ0n) is 14.8. The Kier molecular flexibility index (Phi) is 6.78. The molecule has 0 aliphatic carbocycles. The van der Waals surface area contributed by atoms with Gasteiger partial charge in [0.15, 0.2) is 0 Å². The molecule has 2 rings (SSSR count). The van der Waals surface area contributed by atoms with Crippen LogP contribution in [0.3, 0.4) is 0 Å². The topological polar surface area (TPSA) is 9.23 Å². The normalized spacial score (nSPS) is 12.3. The maximum Gasteiger partial charge on any atom is 0.419 e. The first-order chi connectivity index (χ1) is 12.6. The third-order valence-electron chi connectivity index (χ3n) is 4.07. The van der Waals surface area contributed by atoms with Crippen LogP contribution in [0.4, 0.5) is 26.3 Å². The van der Waals surface area contributed by atoms with Crippen molar-refractivity contribution in [3.05, 3.63) is 64.7 Å². The molecule has 2 aromatic rings. The van der Waals surface area contributed by atoms with Crippen molar-refractivity contribution >= 4 is 0 Å². The Labute approximate surface area is 154 Å². The summed E-state index contributed by atoms with van der Waals surface area (Å²) in [4.78, 5) is 0. The molecular weight excluding hydrogens is 370 g/mol. The lowest BCUT2D eigenvalue weighted by Gasteiger charge is -2.20. The van der Waals surface area contributed by atoms with Gasteiger partial charge < -0.3 is 4.74 Å². The minimum absolute atomic E-state index is 0.0680. The molecule has 0 aromatic heterocycles. The Morgan fingerprint density at radius 1 is 0.852 bits per heavy atom. The molecule has 0 saturated carbocycles. The number of aryl methyl sites for hydroxylation is 1. The van der Waals surface area contributed by atoms with Gasteiger partial charge in [0.05, 0.1) is 11.1 Å². The van der Waals surface area contributed by atoms with Crippen LogP contribution < -0.4 is 4.74 Å². The molecule has 0 bridgehead atoms. The van der Waals surface area contributed by atoms with Crippen molar-refractivity contribution in [2.45, 2.75) is 51.6 Å². The SMILES string of the molecule is CCCCCc1cc(C(F)(F)F)cc(C(F)(F)F)c1OCc1ccccc1. The van der Waals surface area contributed by atoms with Crippen molar-refractivity contribution in [2.75, 3.05) is 0 Å². The van der Waals surface area contributed by atoms with Gasteiger partial charge in [-0.15, -0.1) is 0 Å². The third-order valence-corrected chi connectivity index (χ3v) is 4.07. The summed E-state index contributed by atoms with van der Waals surface area (Å²) < 4.78 is 85.1. The first kappa shape index (κ1) is 21.1. The number of rotatable bonds is 7. The third kappa shape index (κ3) is 5.91. The highest BCUT2D eigenvalue weighted by Gasteiger charge is 2.40. The Balaban J connectivity index is 2.47. The van der Waals surface area contributed by atoms with Crippen molar-refractivity contribution < 1.29 is 31.1 Å². The van der Waals surface area contributed by atoms with E-state index in [0.29, 0.717) is 18.4 Å². The fourth-order valence-corrected chi connectivity index (χ4v) is 2.71. The second-order valence-electron chi connectivity index (χ2n) is 6.24. The molecule has 0 fully saturated rings. The molecular formula is C20H20F6O. The van der Waals surface area contributed by atoms with Crippen LogP contribution in [0.15, 0.2) is 42.5 Å². The van der Waals surface area contributed by atoms with Crippen LogP contribution in [0.2, 0.25) is 0 Å². The van der Waals surface area contributed by atoms with E-state index in [4.69, 9.17) is 4.74 Å². The summed E-state index contributed by atoms with van der Waals surface area (Å²) in [6, 6.07) is 9.41. The van der Waals surface area contributed by atoms with E-state index in [0.717, 1.165) is 12.5 Å². The highest BCUT2D eigenvalue weighted by atomic mass is 19.4. The van der Waals surface area contributed by atoms with Gasteiger partial charge in [-0.3, -0.25) is 0 Å². The number of hydrogen-bond acceptors (Lipinski definition) is 1. The predicted octanol–water partition coefficient (Wildman–Crippen LogP) is 7.04. The summed E-state index contributed by atoms with van der Waals surface area (Å²) >= 11 is 0. The molecule has 0 aliphatic rings. The first-order valence-corrected chi connectivity index (χ1v) is 8.61. The van der Waals surface area contributed by atoms with Gasteiger partial charge in [0.25, 0.3) is 0 Å². The molecule has 0 N–H and O–H groups in total. The summed E-state index contributed by atoms with van der Waals surface area (Å²) in [6.45, 7) is 1.75. The number of halogens is 6. The van der Waals surface area contributed by atoms with Gasteiger partial charge in [-0.05, 0) is 36.1 Å². The first-order valence-electron chi connectivity index (χ1n) is 8.61. The summed E-state index contributed by atoms with van der Waals surface area (Å²) in [5.41, 5.74) is -2.14. The number of alkyl halides is 6. The lowest BCUT2D eigenvalue weighted by atomic mass is 9.98. The maximum absolute atomic E-state index is 13.5. The molecule has 2 aromatic carbocycles. The minimum atomic E-state index is -4.95. The van der Waals surface area contributed by atoms with Gasteiger partial charge in [-0.2, -0.15) is 26.3 Å². The highest BCUT2D eigenvalue weighted by molar-refractivity contribution is 5.47. The molecule has 0 aliphatic heterocycles. The fraction of sp³-hybridized carbons (Fsp3) is 0.400. The van der Waals surface area contributed by atoms with Gasteiger partial charge in [-0.25, -0.2) is 0 Å². The van der Waals surface area contributed by atoms with Crippen LogP contribution >= 0.6 is 0 Å². The van der Waals surface area contributed by atoms with Gasteiger partial charge in [0.1, 0.15) is 12.4 Å². The van der Waals surface area contributed by atoms with Crippen LogP contribution in [0, 0.1) is 0 Å². The molecule has 0 radical (unpaired) electrons. The van der Waals surface area contributed by atoms with Crippen molar-refractivity contribution in [2.24, 2.45) is 0 Å². The zero-order chi connectivity index (χ0) is 20.1. The van der Waals surface area contributed by atoms with E-state index in [1.165, 1.54) is 0 Å². The molecule has 0 saturated heterocycles.